The van der Waals surface area contributed by atoms with E-state index in [2.05, 4.69) is 33.2 Å². The Morgan fingerprint density at radius 1 is 1.09 bits per heavy atom. The van der Waals surface area contributed by atoms with Crippen LogP contribution in [0, 0.1) is 11.3 Å². The van der Waals surface area contributed by atoms with Gasteiger partial charge in [0.25, 0.3) is 0 Å². The number of aromatic nitrogens is 1. The van der Waals surface area contributed by atoms with Crippen LogP contribution in [0.1, 0.15) is 5.56 Å². The van der Waals surface area contributed by atoms with Gasteiger partial charge in [-0.15, -0.1) is 0 Å². The molecule has 184 valence electrons. The fraction of sp³-hybridized carbons (Fsp3) is 0.360. The largest absolute Gasteiger partial charge is 0.494 e. The predicted molar refractivity (Wildman–Crippen MR) is 139 cm³/mol. The second-order valence-electron chi connectivity index (χ2n) is 8.24. The quantitative estimate of drug-likeness (QED) is 0.457. The van der Waals surface area contributed by atoms with E-state index in [0.29, 0.717) is 61.7 Å². The molecule has 0 spiro atoms. The van der Waals surface area contributed by atoms with Gasteiger partial charge >= 0.3 is 0 Å². The Kier molecular flexibility index (Phi) is 8.04. The molecule has 1 aliphatic rings. The Morgan fingerprint density at radius 3 is 2.54 bits per heavy atom. The van der Waals surface area contributed by atoms with Crippen LogP contribution in [0.15, 0.2) is 30.5 Å². The third-order valence-electron chi connectivity index (χ3n) is 6.05. The highest BCUT2D eigenvalue weighted by atomic mass is 35.5. The van der Waals surface area contributed by atoms with Gasteiger partial charge in [-0.05, 0) is 25.2 Å². The SMILES string of the molecule is COc1cc2c(Nc3ccc(Cl)c(OC)c3Cl)c(C#N)cnc2cc1OCCN1CCN(C)CC1. The van der Waals surface area contributed by atoms with E-state index in [1.54, 1.807) is 19.2 Å². The van der Waals surface area contributed by atoms with Crippen molar-refractivity contribution in [3.63, 3.8) is 0 Å². The van der Waals surface area contributed by atoms with Crippen LogP contribution in [0.3, 0.4) is 0 Å². The molecule has 0 unspecified atom stereocenters. The first-order valence-electron chi connectivity index (χ1n) is 11.2. The molecule has 0 amide bonds. The molecule has 1 aromatic heterocycles. The number of ether oxygens (including phenoxy) is 3. The third kappa shape index (κ3) is 5.49. The molecule has 1 fully saturated rings. The van der Waals surface area contributed by atoms with E-state index in [1.165, 1.54) is 13.3 Å². The summed E-state index contributed by atoms with van der Waals surface area (Å²) >= 11 is 12.7. The zero-order valence-corrected chi connectivity index (χ0v) is 21.4. The third-order valence-corrected chi connectivity index (χ3v) is 6.72. The van der Waals surface area contributed by atoms with Gasteiger partial charge in [0.2, 0.25) is 0 Å². The maximum atomic E-state index is 9.74. The van der Waals surface area contributed by atoms with Crippen LogP contribution >= 0.6 is 23.2 Å². The van der Waals surface area contributed by atoms with Crippen LogP contribution in [-0.2, 0) is 0 Å². The monoisotopic (exact) mass is 515 g/mol. The second-order valence-corrected chi connectivity index (χ2v) is 9.02. The number of nitrogens with one attached hydrogen (secondary N) is 1. The van der Waals surface area contributed by atoms with Crippen LogP contribution in [0.5, 0.6) is 17.2 Å². The van der Waals surface area contributed by atoms with Gasteiger partial charge in [-0.25, -0.2) is 0 Å². The van der Waals surface area contributed by atoms with Gasteiger partial charge in [-0.2, -0.15) is 5.26 Å². The summed E-state index contributed by atoms with van der Waals surface area (Å²) in [5, 5.41) is 14.4. The summed E-state index contributed by atoms with van der Waals surface area (Å²) in [6.07, 6.45) is 1.52. The highest BCUT2D eigenvalue weighted by molar-refractivity contribution is 6.39. The van der Waals surface area contributed by atoms with Gasteiger partial charge < -0.3 is 24.4 Å². The number of likely N-dealkylation sites (N-methyl/N-ethyl adjacent to an activating group) is 1. The van der Waals surface area contributed by atoms with Crippen molar-refractivity contribution in [1.29, 1.82) is 5.26 Å². The fourth-order valence-electron chi connectivity index (χ4n) is 4.00. The average Bonchev–Trinajstić information content (AvgIpc) is 2.87. The van der Waals surface area contributed by atoms with Crippen LogP contribution < -0.4 is 19.5 Å². The first-order chi connectivity index (χ1) is 16.9. The number of pyridine rings is 1. The molecule has 1 N–H and O–H groups in total. The Morgan fingerprint density at radius 2 is 1.86 bits per heavy atom. The molecule has 1 aliphatic heterocycles. The molecule has 0 atom stereocenters. The number of hydrogen-bond acceptors (Lipinski definition) is 8. The topological polar surface area (TPSA) is 82.9 Å². The van der Waals surface area contributed by atoms with E-state index in [1.807, 2.05) is 12.1 Å². The summed E-state index contributed by atoms with van der Waals surface area (Å²) in [7, 11) is 5.22. The Labute approximate surface area is 214 Å². The molecular formula is C25H27Cl2N5O3. The van der Waals surface area contributed by atoms with Crippen LogP contribution in [0.25, 0.3) is 10.9 Å². The highest BCUT2D eigenvalue weighted by Gasteiger charge is 2.18. The Bertz CT molecular complexity index is 1260. The zero-order valence-electron chi connectivity index (χ0n) is 19.9. The Hall–Kier alpha value is -2.96. The van der Waals surface area contributed by atoms with Crippen molar-refractivity contribution >= 4 is 45.5 Å². The number of methoxy groups -OCH3 is 2. The number of fused-ring (bicyclic) bond motifs is 1. The van der Waals surface area contributed by atoms with Crippen LogP contribution in [-0.4, -0.2) is 75.4 Å². The van der Waals surface area contributed by atoms with E-state index in [9.17, 15) is 5.26 Å². The minimum atomic E-state index is 0.310. The van der Waals surface area contributed by atoms with Crippen molar-refractivity contribution in [3.05, 3.63) is 46.1 Å². The van der Waals surface area contributed by atoms with E-state index in [-0.39, 0.29) is 0 Å². The number of hydrogen-bond donors (Lipinski definition) is 1. The van der Waals surface area contributed by atoms with Crippen molar-refractivity contribution in [2.45, 2.75) is 0 Å². The standard InChI is InChI=1S/C25H27Cl2N5O3/c1-31-6-8-32(9-7-31)10-11-35-22-13-20-17(12-21(22)33-2)24(16(14-28)15-29-20)30-19-5-4-18(26)25(34-3)23(19)27/h4-5,12-13,15H,6-11H2,1-3H3,(H,29,30). The van der Waals surface area contributed by atoms with Crippen molar-refractivity contribution in [1.82, 2.24) is 14.8 Å². The molecule has 0 saturated carbocycles. The molecule has 0 bridgehead atoms. The van der Waals surface area contributed by atoms with Gasteiger partial charge in [-0.1, -0.05) is 23.2 Å². The van der Waals surface area contributed by atoms with Crippen molar-refractivity contribution < 1.29 is 14.2 Å². The summed E-state index contributed by atoms with van der Waals surface area (Å²) in [4.78, 5) is 9.18. The molecule has 2 aromatic carbocycles. The maximum Gasteiger partial charge on any atom is 0.163 e. The first-order valence-corrected chi connectivity index (χ1v) is 11.9. The smallest absolute Gasteiger partial charge is 0.163 e. The Balaban J connectivity index is 1.63. The number of benzene rings is 2. The number of nitriles is 1. The van der Waals surface area contributed by atoms with E-state index in [0.717, 1.165) is 32.7 Å². The molecule has 0 aliphatic carbocycles. The number of rotatable bonds is 8. The lowest BCUT2D eigenvalue weighted by Gasteiger charge is -2.32. The summed E-state index contributed by atoms with van der Waals surface area (Å²) in [5.41, 5.74) is 2.10. The second kappa shape index (κ2) is 11.2. The van der Waals surface area contributed by atoms with E-state index < -0.39 is 0 Å². The molecule has 1 saturated heterocycles. The predicted octanol–water partition coefficient (Wildman–Crippen LogP) is 4.80. The highest BCUT2D eigenvalue weighted by Crippen LogP contribution is 2.42. The number of halogens is 2. The van der Waals surface area contributed by atoms with Gasteiger partial charge in [0.1, 0.15) is 17.7 Å². The van der Waals surface area contributed by atoms with Crippen molar-refractivity contribution in [3.8, 4) is 23.3 Å². The molecular weight excluding hydrogens is 489 g/mol. The van der Waals surface area contributed by atoms with Gasteiger partial charge in [0.05, 0.1) is 41.7 Å². The molecule has 0 radical (unpaired) electrons. The maximum absolute atomic E-state index is 9.74. The summed E-state index contributed by atoms with van der Waals surface area (Å²) in [6, 6.07) is 9.24. The molecule has 2 heterocycles. The van der Waals surface area contributed by atoms with Crippen LogP contribution in [0.2, 0.25) is 10.0 Å². The fourth-order valence-corrected chi connectivity index (χ4v) is 4.57. The lowest BCUT2D eigenvalue weighted by Crippen LogP contribution is -2.45. The summed E-state index contributed by atoms with van der Waals surface area (Å²) in [5.74, 6) is 1.50. The minimum Gasteiger partial charge on any atom is -0.494 e. The molecule has 10 heteroatoms. The number of nitrogens with zero attached hydrogens (tertiary/aromatic N) is 4. The molecule has 35 heavy (non-hydrogen) atoms. The minimum absolute atomic E-state index is 0.310. The normalized spacial score (nSPS) is 14.5. The summed E-state index contributed by atoms with van der Waals surface area (Å²) in [6.45, 7) is 5.54. The van der Waals surface area contributed by atoms with Crippen molar-refractivity contribution in [2.75, 3.05) is 65.9 Å². The van der Waals surface area contributed by atoms with Gasteiger partial charge in [-0.3, -0.25) is 9.88 Å². The van der Waals surface area contributed by atoms with E-state index in [4.69, 9.17) is 37.4 Å². The molecule has 3 aromatic rings. The number of piperazine rings is 1. The summed E-state index contributed by atoms with van der Waals surface area (Å²) < 4.78 is 17.0. The van der Waals surface area contributed by atoms with Crippen LogP contribution in [0.4, 0.5) is 11.4 Å². The number of anilines is 2. The lowest BCUT2D eigenvalue weighted by molar-refractivity contribution is 0.133. The lowest BCUT2D eigenvalue weighted by atomic mass is 10.1. The molecule has 8 nitrogen and oxygen atoms in total. The van der Waals surface area contributed by atoms with Gasteiger partial charge in [0, 0.05) is 50.4 Å². The molecule has 4 rings (SSSR count). The first kappa shape index (κ1) is 25.1. The zero-order chi connectivity index (χ0) is 24.9. The average molecular weight is 516 g/mol. The van der Waals surface area contributed by atoms with Gasteiger partial charge in [0.15, 0.2) is 17.2 Å². The van der Waals surface area contributed by atoms with E-state index >= 15 is 0 Å². The van der Waals surface area contributed by atoms with Crippen molar-refractivity contribution in [2.24, 2.45) is 0 Å².